The Morgan fingerprint density at radius 3 is 2.45 bits per heavy atom. The molecule has 0 aliphatic heterocycles. The van der Waals surface area contributed by atoms with Crippen LogP contribution >= 0.6 is 12.2 Å². The lowest BCUT2D eigenvalue weighted by Crippen LogP contribution is -2.00. The van der Waals surface area contributed by atoms with Crippen molar-refractivity contribution in [2.75, 3.05) is 6.61 Å². The minimum Gasteiger partial charge on any atom is -0.478 e. The molecular formula is C25H26O5S. The predicted octanol–water partition coefficient (Wildman–Crippen LogP) is 6.55. The first-order chi connectivity index (χ1) is 14.8. The minimum absolute atomic E-state index is 0.211. The van der Waals surface area contributed by atoms with Crippen molar-refractivity contribution in [3.63, 3.8) is 0 Å². The minimum atomic E-state index is -0.942. The summed E-state index contributed by atoms with van der Waals surface area (Å²) in [6, 6.07) is 14.8. The van der Waals surface area contributed by atoms with Crippen LogP contribution in [0.25, 0.3) is 23.1 Å². The maximum Gasteiger partial charge on any atom is 0.336 e. The van der Waals surface area contributed by atoms with Crippen LogP contribution in [0, 0.1) is 4.51 Å². The molecule has 0 aliphatic carbocycles. The third-order valence-corrected chi connectivity index (χ3v) is 4.65. The summed E-state index contributed by atoms with van der Waals surface area (Å²) >= 11 is 5.41. The molecule has 0 radical (unpaired) electrons. The van der Waals surface area contributed by atoms with Crippen molar-refractivity contribution in [3.05, 3.63) is 75.5 Å². The monoisotopic (exact) mass is 438 g/mol. The largest absolute Gasteiger partial charge is 0.478 e. The van der Waals surface area contributed by atoms with E-state index in [-0.39, 0.29) is 11.5 Å². The van der Waals surface area contributed by atoms with Crippen LogP contribution in [0.5, 0.6) is 0 Å². The highest BCUT2D eigenvalue weighted by atomic mass is 32.1. The van der Waals surface area contributed by atoms with Gasteiger partial charge in [0.15, 0.2) is 0 Å². The second-order valence-corrected chi connectivity index (χ2v) is 7.18. The average molecular weight is 439 g/mol. The summed E-state index contributed by atoms with van der Waals surface area (Å²) in [6.07, 6.45) is 5.46. The van der Waals surface area contributed by atoms with E-state index in [1.165, 1.54) is 6.92 Å². The summed E-state index contributed by atoms with van der Waals surface area (Å²) in [6.45, 7) is 5.75. The Hall–Kier alpha value is -3.25. The molecule has 0 unspecified atom stereocenters. The Balaban J connectivity index is 0.000000501. The molecule has 0 spiro atoms. The maximum absolute atomic E-state index is 11.5. The number of carbonyl (C=O) groups is 2. The predicted molar refractivity (Wildman–Crippen MR) is 126 cm³/mol. The van der Waals surface area contributed by atoms with Gasteiger partial charge in [0.25, 0.3) is 0 Å². The lowest BCUT2D eigenvalue weighted by molar-refractivity contribution is -0.140. The van der Waals surface area contributed by atoms with E-state index >= 15 is 0 Å². The Morgan fingerprint density at radius 2 is 1.84 bits per heavy atom. The molecule has 1 heterocycles. The SMILES string of the molecule is CCCc1ccc(C(=O)O)c(C=Cc2cc(=S)c3ccccc3o2)c1.CCOC(C)=O. The molecule has 0 atom stereocenters. The summed E-state index contributed by atoms with van der Waals surface area (Å²) < 4.78 is 11.0. The van der Waals surface area contributed by atoms with Crippen LogP contribution in [0.2, 0.25) is 0 Å². The van der Waals surface area contributed by atoms with Gasteiger partial charge in [-0.3, -0.25) is 4.79 Å². The molecule has 162 valence electrons. The third kappa shape index (κ3) is 7.19. The number of carboxylic acid groups (broad SMARTS) is 1. The number of aromatic carboxylic acids is 1. The number of hydrogen-bond donors (Lipinski definition) is 1. The van der Waals surface area contributed by atoms with Crippen molar-refractivity contribution in [1.82, 2.24) is 0 Å². The summed E-state index contributed by atoms with van der Waals surface area (Å²) in [7, 11) is 0. The average Bonchev–Trinajstić information content (AvgIpc) is 2.73. The summed E-state index contributed by atoms with van der Waals surface area (Å²) in [5.74, 6) is -0.555. The van der Waals surface area contributed by atoms with E-state index in [1.807, 2.05) is 36.4 Å². The van der Waals surface area contributed by atoms with E-state index in [0.717, 1.165) is 23.8 Å². The molecule has 5 nitrogen and oxygen atoms in total. The Kier molecular flexibility index (Phi) is 9.15. The number of aryl methyl sites for hydroxylation is 1. The van der Waals surface area contributed by atoms with Gasteiger partial charge in [0.2, 0.25) is 0 Å². The first-order valence-electron chi connectivity index (χ1n) is 10.1. The quantitative estimate of drug-likeness (QED) is 0.347. The molecule has 0 fully saturated rings. The van der Waals surface area contributed by atoms with E-state index in [4.69, 9.17) is 16.6 Å². The van der Waals surface area contributed by atoms with E-state index in [2.05, 4.69) is 11.7 Å². The van der Waals surface area contributed by atoms with Gasteiger partial charge in [-0.25, -0.2) is 4.79 Å². The van der Waals surface area contributed by atoms with Crippen LogP contribution in [-0.4, -0.2) is 23.7 Å². The van der Waals surface area contributed by atoms with Crippen molar-refractivity contribution in [2.45, 2.75) is 33.6 Å². The summed E-state index contributed by atoms with van der Waals surface area (Å²) in [5.41, 5.74) is 2.77. The summed E-state index contributed by atoms with van der Waals surface area (Å²) in [4.78, 5) is 21.3. The van der Waals surface area contributed by atoms with Gasteiger partial charge in [-0.2, -0.15) is 0 Å². The molecule has 2 aromatic carbocycles. The van der Waals surface area contributed by atoms with Crippen LogP contribution < -0.4 is 0 Å². The molecule has 0 saturated heterocycles. The fourth-order valence-electron chi connectivity index (χ4n) is 2.97. The molecule has 1 aromatic heterocycles. The zero-order valence-electron chi connectivity index (χ0n) is 17.9. The van der Waals surface area contributed by atoms with Gasteiger partial charge in [-0.05, 0) is 54.8 Å². The molecule has 0 amide bonds. The zero-order valence-corrected chi connectivity index (χ0v) is 18.7. The molecule has 1 N–H and O–H groups in total. The van der Waals surface area contributed by atoms with Crippen LogP contribution in [0.1, 0.15) is 54.4 Å². The lowest BCUT2D eigenvalue weighted by Gasteiger charge is -2.05. The fourth-order valence-corrected chi connectivity index (χ4v) is 3.25. The molecule has 3 aromatic rings. The molecule has 31 heavy (non-hydrogen) atoms. The third-order valence-electron chi connectivity index (χ3n) is 4.31. The fraction of sp³-hybridized carbons (Fsp3) is 0.240. The highest BCUT2D eigenvalue weighted by molar-refractivity contribution is 7.71. The van der Waals surface area contributed by atoms with E-state index in [0.29, 0.717) is 28.0 Å². The van der Waals surface area contributed by atoms with Crippen molar-refractivity contribution >= 4 is 47.3 Å². The van der Waals surface area contributed by atoms with Crippen LogP contribution in [0.3, 0.4) is 0 Å². The Bertz CT molecular complexity index is 1140. The van der Waals surface area contributed by atoms with Crippen molar-refractivity contribution in [3.8, 4) is 0 Å². The molecule has 0 bridgehead atoms. The highest BCUT2D eigenvalue weighted by Gasteiger charge is 2.09. The number of ether oxygens (including phenoxy) is 1. The Morgan fingerprint density at radius 1 is 1.10 bits per heavy atom. The van der Waals surface area contributed by atoms with Crippen LogP contribution in [0.4, 0.5) is 0 Å². The normalized spacial score (nSPS) is 10.5. The van der Waals surface area contributed by atoms with Gasteiger partial charge in [0, 0.05) is 12.3 Å². The van der Waals surface area contributed by atoms with E-state index < -0.39 is 5.97 Å². The maximum atomic E-state index is 11.5. The number of rotatable bonds is 6. The van der Waals surface area contributed by atoms with Gasteiger partial charge < -0.3 is 14.3 Å². The smallest absolute Gasteiger partial charge is 0.336 e. The van der Waals surface area contributed by atoms with Gasteiger partial charge >= 0.3 is 11.9 Å². The van der Waals surface area contributed by atoms with E-state index in [1.54, 1.807) is 31.2 Å². The van der Waals surface area contributed by atoms with E-state index in [9.17, 15) is 14.7 Å². The standard InChI is InChI=1S/C21H18O3S.C4H8O2/c1-2-5-14-8-11-17(21(22)23)15(12-14)9-10-16-13-20(25)18-6-3-4-7-19(18)24-16;1-3-6-4(2)5/h3-4,6-13H,2,5H2,1H3,(H,22,23);3H2,1-2H3. The lowest BCUT2D eigenvalue weighted by atomic mass is 10.0. The van der Waals surface area contributed by atoms with Gasteiger partial charge in [-0.15, -0.1) is 0 Å². The topological polar surface area (TPSA) is 76.7 Å². The van der Waals surface area contributed by atoms with Crippen LogP contribution in [0.15, 0.2) is 52.9 Å². The number of fused-ring (bicyclic) bond motifs is 1. The van der Waals surface area contributed by atoms with Gasteiger partial charge in [-0.1, -0.05) is 55.9 Å². The number of benzene rings is 2. The second kappa shape index (κ2) is 11.8. The Labute approximate surface area is 187 Å². The number of carbonyl (C=O) groups excluding carboxylic acids is 1. The molecule has 0 saturated carbocycles. The van der Waals surface area contributed by atoms with Crippen LogP contribution in [-0.2, 0) is 16.0 Å². The van der Waals surface area contributed by atoms with Gasteiger partial charge in [0.1, 0.15) is 11.3 Å². The number of esters is 1. The molecule has 6 heteroatoms. The number of hydrogen-bond acceptors (Lipinski definition) is 5. The first-order valence-corrected chi connectivity index (χ1v) is 10.5. The summed E-state index contributed by atoms with van der Waals surface area (Å²) in [5, 5.41) is 10.3. The molecule has 3 rings (SSSR count). The molecule has 0 aliphatic rings. The van der Waals surface area contributed by atoms with Gasteiger partial charge in [0.05, 0.1) is 16.7 Å². The van der Waals surface area contributed by atoms with Crippen molar-refractivity contribution < 1.29 is 23.8 Å². The van der Waals surface area contributed by atoms with Crippen molar-refractivity contribution in [2.24, 2.45) is 0 Å². The van der Waals surface area contributed by atoms with Crippen molar-refractivity contribution in [1.29, 1.82) is 0 Å². The number of para-hydroxylation sites is 1. The second-order valence-electron chi connectivity index (χ2n) is 6.74. The number of carboxylic acids is 1. The highest BCUT2D eigenvalue weighted by Crippen LogP contribution is 2.21. The first kappa shape index (κ1) is 24.0. The zero-order chi connectivity index (χ0) is 22.8. The molecular weight excluding hydrogens is 412 g/mol.